The number of rotatable bonds is 6. The molecule has 3 heterocycles. The third-order valence-electron chi connectivity index (χ3n) is 4.98. The molecule has 0 saturated carbocycles. The van der Waals surface area contributed by atoms with Crippen molar-refractivity contribution in [3.05, 3.63) is 30.1 Å². The van der Waals surface area contributed by atoms with Gasteiger partial charge in [-0.05, 0) is 19.4 Å². The molecule has 1 saturated heterocycles. The number of hydrogen-bond acceptors (Lipinski definition) is 7. The lowest BCUT2D eigenvalue weighted by atomic mass is 10.2. The van der Waals surface area contributed by atoms with Crippen LogP contribution in [0.3, 0.4) is 0 Å². The molecule has 1 aliphatic heterocycles. The van der Waals surface area contributed by atoms with Crippen LogP contribution >= 0.6 is 10.8 Å². The first kappa shape index (κ1) is 18.5. The summed E-state index contributed by atoms with van der Waals surface area (Å²) in [7, 11) is -2.56. The van der Waals surface area contributed by atoms with E-state index in [2.05, 4.69) is 14.5 Å². The molecule has 1 aliphatic rings. The number of aryl methyl sites for hydroxylation is 1. The van der Waals surface area contributed by atoms with Crippen molar-refractivity contribution in [1.82, 2.24) is 18.8 Å². The molecule has 1 aromatic carbocycles. The van der Waals surface area contributed by atoms with Crippen LogP contribution in [0.1, 0.15) is 12.2 Å². The lowest BCUT2D eigenvalue weighted by Gasteiger charge is -2.36. The second-order valence-corrected chi connectivity index (χ2v) is 8.94. The van der Waals surface area contributed by atoms with Crippen LogP contribution in [0.2, 0.25) is 0 Å². The van der Waals surface area contributed by atoms with Gasteiger partial charge in [0.05, 0.1) is 30.0 Å². The molecule has 0 bridgehead atoms. The number of benzene rings is 1. The van der Waals surface area contributed by atoms with Crippen LogP contribution in [-0.4, -0.2) is 60.0 Å². The maximum atomic E-state index is 9.92. The Bertz CT molecular complexity index is 974. The molecule has 0 radical (unpaired) electrons. The highest BCUT2D eigenvalue weighted by atomic mass is 32.3. The molecule has 4 rings (SSSR count). The standard InChI is InChI=1S/C18H25N5O3S/c1-13-20-16-17(14-5-2-3-6-15(14)21-18(16)19)23(13)9-11-26-10-8-22-7-4-12-27(22,24)25/h2-3,5-6,24-25H,4,7-12H2,1H3,(H2,19,21). The van der Waals surface area contributed by atoms with E-state index in [1.165, 1.54) is 0 Å². The van der Waals surface area contributed by atoms with E-state index in [1.54, 1.807) is 4.31 Å². The Morgan fingerprint density at radius 1 is 1.19 bits per heavy atom. The third-order valence-corrected chi connectivity index (χ3v) is 7.01. The highest BCUT2D eigenvalue weighted by molar-refractivity contribution is 8.22. The van der Waals surface area contributed by atoms with E-state index >= 15 is 0 Å². The number of aromatic nitrogens is 3. The van der Waals surface area contributed by atoms with Gasteiger partial charge in [-0.15, -0.1) is 10.8 Å². The summed E-state index contributed by atoms with van der Waals surface area (Å²) in [5, 5.41) is 1.02. The topological polar surface area (TPSA) is 110 Å². The van der Waals surface area contributed by atoms with Gasteiger partial charge in [0.15, 0.2) is 5.82 Å². The lowest BCUT2D eigenvalue weighted by Crippen LogP contribution is -2.27. The fourth-order valence-electron chi connectivity index (χ4n) is 3.64. The van der Waals surface area contributed by atoms with Gasteiger partial charge in [0.1, 0.15) is 11.3 Å². The van der Waals surface area contributed by atoms with Gasteiger partial charge in [0, 0.05) is 25.0 Å². The Hall–Kier alpha value is -1.91. The Morgan fingerprint density at radius 3 is 2.74 bits per heavy atom. The smallest absolute Gasteiger partial charge is 0.152 e. The minimum atomic E-state index is -2.56. The van der Waals surface area contributed by atoms with Crippen molar-refractivity contribution < 1.29 is 13.8 Å². The number of nitrogens with two attached hydrogens (primary N) is 1. The molecule has 0 aliphatic carbocycles. The monoisotopic (exact) mass is 391 g/mol. The van der Waals surface area contributed by atoms with Crippen LogP contribution in [0.25, 0.3) is 21.9 Å². The van der Waals surface area contributed by atoms with Crippen LogP contribution in [0, 0.1) is 6.92 Å². The fraction of sp³-hybridized carbons (Fsp3) is 0.444. The highest BCUT2D eigenvalue weighted by Crippen LogP contribution is 2.47. The molecule has 0 amide bonds. The number of ether oxygens (including phenoxy) is 1. The molecule has 4 N–H and O–H groups in total. The first-order chi connectivity index (χ1) is 13.0. The minimum Gasteiger partial charge on any atom is -0.382 e. The molecule has 2 aromatic heterocycles. The van der Waals surface area contributed by atoms with Crippen LogP contribution in [0.15, 0.2) is 24.3 Å². The van der Waals surface area contributed by atoms with Gasteiger partial charge in [-0.2, -0.15) is 0 Å². The van der Waals surface area contributed by atoms with Gasteiger partial charge in [0.2, 0.25) is 0 Å². The molecular formula is C18H25N5O3S. The van der Waals surface area contributed by atoms with E-state index < -0.39 is 10.8 Å². The van der Waals surface area contributed by atoms with Gasteiger partial charge < -0.3 is 15.0 Å². The van der Waals surface area contributed by atoms with E-state index in [-0.39, 0.29) is 0 Å². The summed E-state index contributed by atoms with van der Waals surface area (Å²) in [5.74, 6) is 1.77. The second kappa shape index (κ2) is 7.25. The molecule has 1 fully saturated rings. The van der Waals surface area contributed by atoms with Crippen molar-refractivity contribution in [2.24, 2.45) is 0 Å². The summed E-state index contributed by atoms with van der Waals surface area (Å²) in [6.07, 6.45) is 0.824. The van der Waals surface area contributed by atoms with E-state index in [1.807, 2.05) is 31.2 Å². The first-order valence-electron chi connectivity index (χ1n) is 9.07. The Morgan fingerprint density at radius 2 is 1.96 bits per heavy atom. The zero-order valence-electron chi connectivity index (χ0n) is 15.3. The van der Waals surface area contributed by atoms with Crippen LogP contribution in [0.4, 0.5) is 5.82 Å². The summed E-state index contributed by atoms with van der Waals surface area (Å²) in [6, 6.07) is 7.90. The normalized spacial score (nSPS) is 18.5. The Labute approximate surface area is 159 Å². The molecule has 0 spiro atoms. The molecule has 3 aromatic rings. The molecule has 27 heavy (non-hydrogen) atoms. The Kier molecular flexibility index (Phi) is 4.95. The number of anilines is 1. The van der Waals surface area contributed by atoms with Gasteiger partial charge in [-0.25, -0.2) is 14.3 Å². The van der Waals surface area contributed by atoms with Gasteiger partial charge in [0.25, 0.3) is 0 Å². The molecule has 0 unspecified atom stereocenters. The van der Waals surface area contributed by atoms with Crippen molar-refractivity contribution in [2.75, 3.05) is 37.8 Å². The number of fused-ring (bicyclic) bond motifs is 3. The number of nitrogens with zero attached hydrogens (tertiary/aromatic N) is 4. The quantitative estimate of drug-likeness (QED) is 0.554. The van der Waals surface area contributed by atoms with Crippen molar-refractivity contribution in [2.45, 2.75) is 19.9 Å². The van der Waals surface area contributed by atoms with Crippen LogP contribution in [0.5, 0.6) is 0 Å². The maximum absolute atomic E-state index is 9.92. The molecule has 0 atom stereocenters. The predicted molar refractivity (Wildman–Crippen MR) is 109 cm³/mol. The summed E-state index contributed by atoms with van der Waals surface area (Å²) in [5.41, 5.74) is 8.66. The summed E-state index contributed by atoms with van der Waals surface area (Å²) in [6.45, 7) is 4.82. The fourth-order valence-corrected chi connectivity index (χ4v) is 5.20. The molecule has 9 heteroatoms. The average molecular weight is 391 g/mol. The number of nitrogen functional groups attached to an aromatic ring is 1. The highest BCUT2D eigenvalue weighted by Gasteiger charge is 2.28. The van der Waals surface area contributed by atoms with Crippen molar-refractivity contribution >= 4 is 38.5 Å². The van der Waals surface area contributed by atoms with E-state index in [0.717, 1.165) is 40.7 Å². The first-order valence-corrected chi connectivity index (χ1v) is 10.7. The van der Waals surface area contributed by atoms with Crippen LogP contribution < -0.4 is 5.73 Å². The molecular weight excluding hydrogens is 366 g/mol. The van der Waals surface area contributed by atoms with Crippen molar-refractivity contribution in [3.63, 3.8) is 0 Å². The Balaban J connectivity index is 1.47. The van der Waals surface area contributed by atoms with Crippen molar-refractivity contribution in [3.8, 4) is 0 Å². The zero-order chi connectivity index (χ0) is 19.0. The zero-order valence-corrected chi connectivity index (χ0v) is 16.2. The van der Waals surface area contributed by atoms with Gasteiger partial charge >= 0.3 is 0 Å². The number of para-hydroxylation sites is 1. The summed E-state index contributed by atoms with van der Waals surface area (Å²) >= 11 is 0. The predicted octanol–water partition coefficient (Wildman–Crippen LogP) is 2.86. The number of pyridine rings is 1. The third kappa shape index (κ3) is 3.48. The maximum Gasteiger partial charge on any atom is 0.152 e. The SMILES string of the molecule is Cc1nc2c(N)nc3ccccc3c2n1CCOCCN1CCCS1(O)O. The van der Waals surface area contributed by atoms with Gasteiger partial charge in [-0.1, -0.05) is 18.2 Å². The summed E-state index contributed by atoms with van der Waals surface area (Å²) < 4.78 is 29.4. The summed E-state index contributed by atoms with van der Waals surface area (Å²) in [4.78, 5) is 9.04. The van der Waals surface area contributed by atoms with Crippen molar-refractivity contribution in [1.29, 1.82) is 0 Å². The average Bonchev–Trinajstić information content (AvgIpc) is 3.14. The van der Waals surface area contributed by atoms with E-state index in [0.29, 0.717) is 37.9 Å². The minimum absolute atomic E-state index is 0.436. The molecule has 146 valence electrons. The second-order valence-electron chi connectivity index (χ2n) is 6.75. The number of hydrogen-bond donors (Lipinski definition) is 3. The van der Waals surface area contributed by atoms with Crippen LogP contribution in [-0.2, 0) is 11.3 Å². The number of imidazole rings is 1. The van der Waals surface area contributed by atoms with Gasteiger partial charge in [-0.3, -0.25) is 9.11 Å². The lowest BCUT2D eigenvalue weighted by molar-refractivity contribution is 0.115. The van der Waals surface area contributed by atoms with E-state index in [4.69, 9.17) is 10.5 Å². The largest absolute Gasteiger partial charge is 0.382 e. The van der Waals surface area contributed by atoms with E-state index in [9.17, 15) is 9.11 Å². The molecule has 8 nitrogen and oxygen atoms in total.